The summed E-state index contributed by atoms with van der Waals surface area (Å²) in [5.74, 6) is 2.38. The summed E-state index contributed by atoms with van der Waals surface area (Å²) in [7, 11) is 4.31. The second-order valence-electron chi connectivity index (χ2n) is 5.86. The Balaban J connectivity index is 3.76. The smallest absolute Gasteiger partial charge is 0.00212 e. The third-order valence-electron chi connectivity index (χ3n) is 3.28. The molecule has 1 unspecified atom stereocenters. The van der Waals surface area contributed by atoms with Gasteiger partial charge in [-0.25, -0.2) is 0 Å². The van der Waals surface area contributed by atoms with E-state index in [1.807, 2.05) is 7.05 Å². The second kappa shape index (κ2) is 9.00. The average molecular weight is 228 g/mol. The molecule has 16 heavy (non-hydrogen) atoms. The van der Waals surface area contributed by atoms with Crippen molar-refractivity contribution in [2.75, 3.05) is 33.7 Å². The van der Waals surface area contributed by atoms with Crippen molar-refractivity contribution in [1.29, 1.82) is 0 Å². The van der Waals surface area contributed by atoms with Crippen molar-refractivity contribution in [2.45, 2.75) is 40.5 Å². The molecule has 2 heteroatoms. The van der Waals surface area contributed by atoms with E-state index in [2.05, 4.69) is 45.0 Å². The predicted octanol–water partition coefficient (Wildman–Crippen LogP) is 2.85. The van der Waals surface area contributed by atoms with E-state index in [1.165, 1.54) is 25.9 Å². The minimum Gasteiger partial charge on any atom is -0.319 e. The standard InChI is InChI=1S/C14H32N2/c1-12(2)8-7-9-16(6)11-14(10-15-5)13(3)4/h12-15H,7-11H2,1-6H3. The van der Waals surface area contributed by atoms with Crippen LogP contribution < -0.4 is 5.32 Å². The van der Waals surface area contributed by atoms with E-state index in [4.69, 9.17) is 0 Å². The Kier molecular flexibility index (Phi) is 8.96. The Hall–Kier alpha value is -0.0800. The van der Waals surface area contributed by atoms with Gasteiger partial charge in [0.25, 0.3) is 0 Å². The van der Waals surface area contributed by atoms with E-state index in [9.17, 15) is 0 Å². The maximum Gasteiger partial charge on any atom is 0.00212 e. The van der Waals surface area contributed by atoms with Crippen molar-refractivity contribution in [2.24, 2.45) is 17.8 Å². The Morgan fingerprint density at radius 3 is 2.19 bits per heavy atom. The molecule has 0 spiro atoms. The summed E-state index contributed by atoms with van der Waals surface area (Å²) in [4.78, 5) is 2.49. The van der Waals surface area contributed by atoms with Crippen molar-refractivity contribution >= 4 is 0 Å². The predicted molar refractivity (Wildman–Crippen MR) is 73.8 cm³/mol. The molecule has 0 bridgehead atoms. The van der Waals surface area contributed by atoms with Crippen LogP contribution in [-0.4, -0.2) is 38.6 Å². The van der Waals surface area contributed by atoms with E-state index >= 15 is 0 Å². The van der Waals surface area contributed by atoms with Gasteiger partial charge in [0.2, 0.25) is 0 Å². The molecule has 0 saturated heterocycles. The average Bonchev–Trinajstić information content (AvgIpc) is 2.16. The van der Waals surface area contributed by atoms with Crippen LogP contribution in [0.1, 0.15) is 40.5 Å². The molecule has 1 atom stereocenters. The molecule has 0 aliphatic heterocycles. The number of nitrogens with one attached hydrogen (secondary N) is 1. The van der Waals surface area contributed by atoms with Crippen LogP contribution in [0.2, 0.25) is 0 Å². The van der Waals surface area contributed by atoms with Crippen LogP contribution in [0.5, 0.6) is 0 Å². The van der Waals surface area contributed by atoms with Gasteiger partial charge in [0.1, 0.15) is 0 Å². The van der Waals surface area contributed by atoms with E-state index in [0.29, 0.717) is 0 Å². The molecule has 0 aromatic heterocycles. The molecule has 0 aromatic carbocycles. The zero-order valence-corrected chi connectivity index (χ0v) is 12.2. The highest BCUT2D eigenvalue weighted by Gasteiger charge is 2.14. The Labute approximate surface area is 103 Å². The van der Waals surface area contributed by atoms with Crippen LogP contribution in [0.25, 0.3) is 0 Å². The van der Waals surface area contributed by atoms with Crippen LogP contribution in [0.3, 0.4) is 0 Å². The molecule has 0 radical (unpaired) electrons. The van der Waals surface area contributed by atoms with Crippen LogP contribution in [0.15, 0.2) is 0 Å². The van der Waals surface area contributed by atoms with Crippen molar-refractivity contribution in [3.05, 3.63) is 0 Å². The Morgan fingerprint density at radius 1 is 1.12 bits per heavy atom. The van der Waals surface area contributed by atoms with Crippen LogP contribution in [-0.2, 0) is 0 Å². The molecule has 0 heterocycles. The normalized spacial score (nSPS) is 14.1. The molecule has 98 valence electrons. The summed E-state index contributed by atoms with van der Waals surface area (Å²) in [6.45, 7) is 12.8. The van der Waals surface area contributed by atoms with E-state index in [1.54, 1.807) is 0 Å². The van der Waals surface area contributed by atoms with Gasteiger partial charge < -0.3 is 10.2 Å². The topological polar surface area (TPSA) is 15.3 Å². The highest BCUT2D eigenvalue weighted by molar-refractivity contribution is 4.69. The molecule has 1 N–H and O–H groups in total. The molecule has 0 amide bonds. The summed E-state index contributed by atoms with van der Waals surface area (Å²) >= 11 is 0. The van der Waals surface area contributed by atoms with Gasteiger partial charge in [-0.05, 0) is 57.8 Å². The number of hydrogen-bond acceptors (Lipinski definition) is 2. The molecule has 0 aromatic rings. The lowest BCUT2D eigenvalue weighted by Crippen LogP contribution is -2.34. The molecule has 0 rings (SSSR count). The van der Waals surface area contributed by atoms with Gasteiger partial charge in [0.05, 0.1) is 0 Å². The highest BCUT2D eigenvalue weighted by atomic mass is 15.1. The summed E-state index contributed by atoms with van der Waals surface area (Å²) in [6.07, 6.45) is 2.68. The largest absolute Gasteiger partial charge is 0.319 e. The first-order chi connectivity index (χ1) is 7.47. The fourth-order valence-electron chi connectivity index (χ4n) is 2.03. The summed E-state index contributed by atoms with van der Waals surface area (Å²) < 4.78 is 0. The lowest BCUT2D eigenvalue weighted by Gasteiger charge is -2.26. The summed E-state index contributed by atoms with van der Waals surface area (Å²) in [5, 5.41) is 3.30. The molecular weight excluding hydrogens is 196 g/mol. The van der Waals surface area contributed by atoms with Crippen molar-refractivity contribution in [1.82, 2.24) is 10.2 Å². The van der Waals surface area contributed by atoms with Crippen LogP contribution >= 0.6 is 0 Å². The van der Waals surface area contributed by atoms with E-state index < -0.39 is 0 Å². The zero-order chi connectivity index (χ0) is 12.6. The zero-order valence-electron chi connectivity index (χ0n) is 12.2. The fraction of sp³-hybridized carbons (Fsp3) is 1.00. The fourth-order valence-corrected chi connectivity index (χ4v) is 2.03. The molecule has 0 aliphatic rings. The minimum absolute atomic E-state index is 0.764. The van der Waals surface area contributed by atoms with Gasteiger partial charge in [-0.1, -0.05) is 27.7 Å². The van der Waals surface area contributed by atoms with Crippen molar-refractivity contribution in [3.8, 4) is 0 Å². The SMILES string of the molecule is CNCC(CN(C)CCCC(C)C)C(C)C. The Bertz CT molecular complexity index is 155. The number of rotatable bonds is 9. The van der Waals surface area contributed by atoms with Gasteiger partial charge >= 0.3 is 0 Å². The first-order valence-corrected chi connectivity index (χ1v) is 6.80. The lowest BCUT2D eigenvalue weighted by molar-refractivity contribution is 0.227. The quantitative estimate of drug-likeness (QED) is 0.653. The van der Waals surface area contributed by atoms with Gasteiger partial charge in [-0.3, -0.25) is 0 Å². The molecule has 0 fully saturated rings. The van der Waals surface area contributed by atoms with Gasteiger partial charge in [0.15, 0.2) is 0 Å². The van der Waals surface area contributed by atoms with E-state index in [-0.39, 0.29) is 0 Å². The maximum absolute atomic E-state index is 3.30. The summed E-state index contributed by atoms with van der Waals surface area (Å²) in [6, 6.07) is 0. The first-order valence-electron chi connectivity index (χ1n) is 6.80. The molecule has 2 nitrogen and oxygen atoms in total. The number of hydrogen-bond donors (Lipinski definition) is 1. The first kappa shape index (κ1) is 15.9. The third-order valence-corrected chi connectivity index (χ3v) is 3.28. The van der Waals surface area contributed by atoms with Gasteiger partial charge in [-0.15, -0.1) is 0 Å². The maximum atomic E-state index is 3.30. The van der Waals surface area contributed by atoms with Crippen molar-refractivity contribution in [3.63, 3.8) is 0 Å². The highest BCUT2D eigenvalue weighted by Crippen LogP contribution is 2.12. The van der Waals surface area contributed by atoms with Crippen LogP contribution in [0, 0.1) is 17.8 Å². The molecule has 0 saturated carbocycles. The second-order valence-corrected chi connectivity index (χ2v) is 5.86. The van der Waals surface area contributed by atoms with Gasteiger partial charge in [0, 0.05) is 6.54 Å². The van der Waals surface area contributed by atoms with Crippen molar-refractivity contribution < 1.29 is 0 Å². The van der Waals surface area contributed by atoms with E-state index in [0.717, 1.165) is 24.3 Å². The Morgan fingerprint density at radius 2 is 1.75 bits per heavy atom. The van der Waals surface area contributed by atoms with Crippen LogP contribution in [0.4, 0.5) is 0 Å². The molecular formula is C14H32N2. The lowest BCUT2D eigenvalue weighted by atomic mass is 9.95. The molecule has 0 aliphatic carbocycles. The third kappa shape index (κ3) is 8.12. The minimum atomic E-state index is 0.764. The summed E-state index contributed by atoms with van der Waals surface area (Å²) in [5.41, 5.74) is 0. The monoisotopic (exact) mass is 228 g/mol. The van der Waals surface area contributed by atoms with Gasteiger partial charge in [-0.2, -0.15) is 0 Å². The number of nitrogens with zero attached hydrogens (tertiary/aromatic N) is 1.